The van der Waals surface area contributed by atoms with E-state index in [0.717, 1.165) is 25.9 Å². The summed E-state index contributed by atoms with van der Waals surface area (Å²) >= 11 is 5.08. The topological polar surface area (TPSA) is 66.6 Å². The van der Waals surface area contributed by atoms with Crippen molar-refractivity contribution in [3.05, 3.63) is 0 Å². The van der Waals surface area contributed by atoms with Crippen molar-refractivity contribution in [3.8, 4) is 0 Å². The number of hydrogen-bond acceptors (Lipinski definition) is 3. The van der Waals surface area contributed by atoms with E-state index in [1.54, 1.807) is 13.8 Å². The van der Waals surface area contributed by atoms with Gasteiger partial charge in [-0.25, -0.2) is 0 Å². The number of aliphatic carboxylic acids is 1. The summed E-state index contributed by atoms with van der Waals surface area (Å²) in [7, 11) is 0. The van der Waals surface area contributed by atoms with Crippen LogP contribution in [0.2, 0.25) is 0 Å². The second-order valence-electron chi connectivity index (χ2n) is 5.89. The minimum Gasteiger partial charge on any atom is -0.481 e. The molecule has 3 N–H and O–H groups in total. The molecule has 4 nitrogen and oxygen atoms in total. The number of carboxylic acids is 1. The van der Waals surface area contributed by atoms with E-state index >= 15 is 0 Å². The molecule has 0 radical (unpaired) electrons. The van der Waals surface area contributed by atoms with Crippen LogP contribution in [0.4, 0.5) is 0 Å². The molecule has 0 saturated carbocycles. The number of thiocarbonyl (C=S) groups is 1. The second-order valence-corrected chi connectivity index (χ2v) is 6.33. The molecule has 0 unspecified atom stereocenters. The summed E-state index contributed by atoms with van der Waals surface area (Å²) in [6, 6.07) is 0. The molecule has 0 atom stereocenters. The average molecular weight is 258 g/mol. The van der Waals surface area contributed by atoms with Crippen LogP contribution in [0, 0.1) is 10.8 Å². The van der Waals surface area contributed by atoms with Gasteiger partial charge in [0.1, 0.15) is 0 Å². The van der Waals surface area contributed by atoms with Gasteiger partial charge in [0.05, 0.1) is 10.4 Å². The molecule has 0 aromatic heterocycles. The average Bonchev–Trinajstić information content (AvgIpc) is 2.21. The van der Waals surface area contributed by atoms with Crippen LogP contribution in [0.3, 0.4) is 0 Å². The van der Waals surface area contributed by atoms with Gasteiger partial charge in [0.25, 0.3) is 0 Å². The maximum atomic E-state index is 11.1. The normalized spacial score (nSPS) is 21.1. The molecule has 17 heavy (non-hydrogen) atoms. The molecular formula is C12H22N2O2S. The van der Waals surface area contributed by atoms with Crippen molar-refractivity contribution in [2.45, 2.75) is 33.6 Å². The molecule has 1 heterocycles. The predicted octanol–water partition coefficient (Wildman–Crippen LogP) is 1.49. The van der Waals surface area contributed by atoms with E-state index in [0.29, 0.717) is 11.5 Å². The summed E-state index contributed by atoms with van der Waals surface area (Å²) in [5.41, 5.74) is 4.99. The van der Waals surface area contributed by atoms with Gasteiger partial charge in [0.15, 0.2) is 0 Å². The number of likely N-dealkylation sites (tertiary alicyclic amines) is 1. The molecule has 0 aromatic carbocycles. The van der Waals surface area contributed by atoms with Crippen LogP contribution in [-0.4, -0.2) is 40.6 Å². The zero-order chi connectivity index (χ0) is 13.3. The van der Waals surface area contributed by atoms with E-state index in [9.17, 15) is 4.79 Å². The Kier molecular flexibility index (Phi) is 4.15. The maximum Gasteiger partial charge on any atom is 0.310 e. The summed E-state index contributed by atoms with van der Waals surface area (Å²) in [6.45, 7) is 7.92. The van der Waals surface area contributed by atoms with Crippen LogP contribution in [0.5, 0.6) is 0 Å². The Morgan fingerprint density at radius 3 is 2.29 bits per heavy atom. The van der Waals surface area contributed by atoms with E-state index in [1.165, 1.54) is 0 Å². The molecule has 1 rings (SSSR count). The highest BCUT2D eigenvalue weighted by Gasteiger charge is 2.36. The maximum absolute atomic E-state index is 11.1. The smallest absolute Gasteiger partial charge is 0.310 e. The van der Waals surface area contributed by atoms with Crippen LogP contribution in [-0.2, 0) is 4.79 Å². The second kappa shape index (κ2) is 4.90. The first-order chi connectivity index (χ1) is 7.67. The molecule has 0 aliphatic carbocycles. The Labute approximate surface area is 108 Å². The van der Waals surface area contributed by atoms with Gasteiger partial charge in [0.2, 0.25) is 0 Å². The van der Waals surface area contributed by atoms with Crippen molar-refractivity contribution < 1.29 is 9.90 Å². The Hall–Kier alpha value is -0.680. The molecule has 0 aromatic rings. The lowest BCUT2D eigenvalue weighted by Gasteiger charge is -2.40. The standard InChI is InChI=1S/C12H22N2O2S/c1-11(2,10(15)16)8-14-6-4-12(3,5-7-14)9(13)17/h4-8H2,1-3H3,(H2,13,17)(H,15,16). The number of rotatable bonds is 4. The fourth-order valence-electron chi connectivity index (χ4n) is 2.08. The van der Waals surface area contributed by atoms with E-state index in [-0.39, 0.29) is 5.41 Å². The van der Waals surface area contributed by atoms with Gasteiger partial charge in [-0.15, -0.1) is 0 Å². The molecule has 0 bridgehead atoms. The van der Waals surface area contributed by atoms with Crippen molar-refractivity contribution in [2.24, 2.45) is 16.6 Å². The third-order valence-corrected chi connectivity index (χ3v) is 4.25. The number of carboxylic acid groups (broad SMARTS) is 1. The van der Waals surface area contributed by atoms with Crippen molar-refractivity contribution in [2.75, 3.05) is 19.6 Å². The van der Waals surface area contributed by atoms with Gasteiger partial charge in [-0.05, 0) is 39.8 Å². The fourth-order valence-corrected chi connectivity index (χ4v) is 2.28. The molecule has 0 amide bonds. The Balaban J connectivity index is 2.54. The predicted molar refractivity (Wildman–Crippen MR) is 72.0 cm³/mol. The highest BCUT2D eigenvalue weighted by Crippen LogP contribution is 2.32. The molecule has 1 saturated heterocycles. The van der Waals surface area contributed by atoms with Crippen LogP contribution in [0.1, 0.15) is 33.6 Å². The number of piperidine rings is 1. The number of nitrogens with zero attached hydrogens (tertiary/aromatic N) is 1. The molecule has 5 heteroatoms. The SMILES string of the molecule is CC(C)(CN1CCC(C)(C(N)=S)CC1)C(=O)O. The fraction of sp³-hybridized carbons (Fsp3) is 0.833. The van der Waals surface area contributed by atoms with E-state index in [1.807, 2.05) is 0 Å². The highest BCUT2D eigenvalue weighted by atomic mass is 32.1. The van der Waals surface area contributed by atoms with Crippen LogP contribution in [0.15, 0.2) is 0 Å². The summed E-state index contributed by atoms with van der Waals surface area (Å²) in [5.74, 6) is -0.750. The van der Waals surface area contributed by atoms with Crippen LogP contribution in [0.25, 0.3) is 0 Å². The minimum absolute atomic E-state index is 0.0563. The monoisotopic (exact) mass is 258 g/mol. The van der Waals surface area contributed by atoms with Crippen molar-refractivity contribution in [1.29, 1.82) is 0 Å². The highest BCUT2D eigenvalue weighted by molar-refractivity contribution is 7.80. The van der Waals surface area contributed by atoms with Crippen molar-refractivity contribution >= 4 is 23.2 Å². The third kappa shape index (κ3) is 3.39. The van der Waals surface area contributed by atoms with Crippen molar-refractivity contribution in [3.63, 3.8) is 0 Å². The lowest BCUT2D eigenvalue weighted by Crippen LogP contribution is -2.48. The lowest BCUT2D eigenvalue weighted by atomic mass is 9.79. The molecule has 1 aliphatic heterocycles. The Morgan fingerprint density at radius 2 is 1.94 bits per heavy atom. The molecule has 1 aliphatic rings. The first kappa shape index (κ1) is 14.4. The largest absolute Gasteiger partial charge is 0.481 e. The van der Waals surface area contributed by atoms with Gasteiger partial charge in [0, 0.05) is 12.0 Å². The van der Waals surface area contributed by atoms with Gasteiger partial charge in [-0.3, -0.25) is 4.79 Å². The Bertz CT molecular complexity index is 320. The van der Waals surface area contributed by atoms with Gasteiger partial charge < -0.3 is 15.7 Å². The number of hydrogen-bond donors (Lipinski definition) is 2. The number of nitrogens with two attached hydrogens (primary N) is 1. The van der Waals surface area contributed by atoms with Gasteiger partial charge >= 0.3 is 5.97 Å². The number of carbonyl (C=O) groups is 1. The Morgan fingerprint density at radius 1 is 1.47 bits per heavy atom. The van der Waals surface area contributed by atoms with Crippen LogP contribution >= 0.6 is 12.2 Å². The zero-order valence-corrected chi connectivity index (χ0v) is 11.6. The quantitative estimate of drug-likeness (QED) is 0.748. The van der Waals surface area contributed by atoms with E-state index < -0.39 is 11.4 Å². The van der Waals surface area contributed by atoms with Gasteiger partial charge in [-0.2, -0.15) is 0 Å². The summed E-state index contributed by atoms with van der Waals surface area (Å²) in [4.78, 5) is 13.8. The minimum atomic E-state index is -0.750. The van der Waals surface area contributed by atoms with Crippen molar-refractivity contribution in [1.82, 2.24) is 4.90 Å². The molecule has 98 valence electrons. The van der Waals surface area contributed by atoms with Crippen LogP contribution < -0.4 is 5.73 Å². The summed E-state index contributed by atoms with van der Waals surface area (Å²) in [6.07, 6.45) is 1.83. The van der Waals surface area contributed by atoms with E-state index in [4.69, 9.17) is 23.1 Å². The molecular weight excluding hydrogens is 236 g/mol. The molecule has 1 fully saturated rings. The summed E-state index contributed by atoms with van der Waals surface area (Å²) < 4.78 is 0. The first-order valence-electron chi connectivity index (χ1n) is 5.93. The third-order valence-electron chi connectivity index (χ3n) is 3.75. The first-order valence-corrected chi connectivity index (χ1v) is 6.34. The zero-order valence-electron chi connectivity index (χ0n) is 10.8. The van der Waals surface area contributed by atoms with E-state index in [2.05, 4.69) is 11.8 Å². The lowest BCUT2D eigenvalue weighted by molar-refractivity contribution is -0.148. The van der Waals surface area contributed by atoms with Gasteiger partial charge in [-0.1, -0.05) is 19.1 Å². The summed E-state index contributed by atoms with van der Waals surface area (Å²) in [5, 5.41) is 9.10. The molecule has 0 spiro atoms.